The zero-order valence-corrected chi connectivity index (χ0v) is 12.2. The fourth-order valence-electron chi connectivity index (χ4n) is 2.18. The van der Waals surface area contributed by atoms with Crippen molar-refractivity contribution >= 4 is 11.6 Å². The second-order valence-corrected chi connectivity index (χ2v) is 4.99. The summed E-state index contributed by atoms with van der Waals surface area (Å²) in [5, 5.41) is 8.23. The number of hydrogen-bond donors (Lipinski definition) is 0. The molecule has 0 atom stereocenters. The highest BCUT2D eigenvalue weighted by Crippen LogP contribution is 2.25. The van der Waals surface area contributed by atoms with Gasteiger partial charge in [0, 0.05) is 5.56 Å². The molecule has 3 nitrogen and oxygen atoms in total. The van der Waals surface area contributed by atoms with Gasteiger partial charge in [0.25, 0.3) is 0 Å². The van der Waals surface area contributed by atoms with Crippen LogP contribution in [0.1, 0.15) is 11.4 Å². The molecule has 0 spiro atoms. The number of rotatable bonds is 3. The number of benzene rings is 2. The number of hydrogen-bond acceptors (Lipinski definition) is 2. The maximum atomic E-state index is 14.1. The first-order valence-electron chi connectivity index (χ1n) is 6.53. The van der Waals surface area contributed by atoms with E-state index in [1.807, 2.05) is 31.2 Å². The molecule has 0 fully saturated rings. The Kier molecular flexibility index (Phi) is 3.71. The van der Waals surface area contributed by atoms with Crippen molar-refractivity contribution in [1.29, 1.82) is 0 Å². The van der Waals surface area contributed by atoms with Gasteiger partial charge in [-0.2, -0.15) is 0 Å². The van der Waals surface area contributed by atoms with Crippen LogP contribution in [0.15, 0.2) is 48.5 Å². The Balaban J connectivity index is 2.22. The van der Waals surface area contributed by atoms with E-state index in [1.54, 1.807) is 22.8 Å². The lowest BCUT2D eigenvalue weighted by Crippen LogP contribution is -2.04. The van der Waals surface area contributed by atoms with Crippen LogP contribution in [0.5, 0.6) is 0 Å². The molecule has 1 aromatic heterocycles. The summed E-state index contributed by atoms with van der Waals surface area (Å²) in [6, 6.07) is 14.4. The van der Waals surface area contributed by atoms with Gasteiger partial charge in [-0.15, -0.1) is 21.8 Å². The largest absolute Gasteiger partial charge is 0.275 e. The van der Waals surface area contributed by atoms with Crippen molar-refractivity contribution in [2.24, 2.45) is 0 Å². The van der Waals surface area contributed by atoms with Crippen LogP contribution in [0.25, 0.3) is 17.1 Å². The molecule has 0 aliphatic carbocycles. The molecular weight excluding hydrogens is 289 g/mol. The fourth-order valence-corrected chi connectivity index (χ4v) is 2.35. The number of nitrogens with zero attached hydrogens (tertiary/aromatic N) is 3. The summed E-state index contributed by atoms with van der Waals surface area (Å²) in [7, 11) is 0. The van der Waals surface area contributed by atoms with Crippen molar-refractivity contribution in [3.63, 3.8) is 0 Å². The zero-order chi connectivity index (χ0) is 14.8. The van der Waals surface area contributed by atoms with Crippen LogP contribution in [0.2, 0.25) is 0 Å². The van der Waals surface area contributed by atoms with Crippen LogP contribution in [0.3, 0.4) is 0 Å². The number of halogens is 2. The summed E-state index contributed by atoms with van der Waals surface area (Å²) in [6.07, 6.45) is 0. The van der Waals surface area contributed by atoms with Gasteiger partial charge in [-0.3, -0.25) is 4.57 Å². The minimum absolute atomic E-state index is 0.160. The molecule has 0 radical (unpaired) electrons. The van der Waals surface area contributed by atoms with E-state index in [0.29, 0.717) is 17.3 Å². The SMILES string of the molecule is Cc1ccc(-c2nnc(CCl)n2-c2ccccc2F)cc1. The molecule has 0 saturated carbocycles. The Bertz CT molecular complexity index is 765. The molecule has 21 heavy (non-hydrogen) atoms. The minimum atomic E-state index is -0.336. The van der Waals surface area contributed by atoms with Crippen LogP contribution in [-0.2, 0) is 5.88 Å². The van der Waals surface area contributed by atoms with Gasteiger partial charge in [-0.1, -0.05) is 42.0 Å². The molecule has 2 aromatic carbocycles. The first-order chi connectivity index (χ1) is 10.2. The molecule has 3 aromatic rings. The van der Waals surface area contributed by atoms with Crippen molar-refractivity contribution < 1.29 is 4.39 Å². The minimum Gasteiger partial charge on any atom is -0.275 e. The summed E-state index contributed by atoms with van der Waals surface area (Å²) in [4.78, 5) is 0. The third kappa shape index (κ3) is 2.54. The first-order valence-corrected chi connectivity index (χ1v) is 7.06. The number of para-hydroxylation sites is 1. The molecule has 0 amide bonds. The molecule has 106 valence electrons. The van der Waals surface area contributed by atoms with Crippen molar-refractivity contribution in [3.05, 3.63) is 65.7 Å². The van der Waals surface area contributed by atoms with E-state index in [-0.39, 0.29) is 11.7 Å². The van der Waals surface area contributed by atoms with Crippen molar-refractivity contribution in [2.75, 3.05) is 0 Å². The van der Waals surface area contributed by atoms with Crippen LogP contribution < -0.4 is 0 Å². The molecule has 5 heteroatoms. The molecule has 0 bridgehead atoms. The molecule has 0 unspecified atom stereocenters. The molecule has 0 aliphatic rings. The predicted molar refractivity (Wildman–Crippen MR) is 81.0 cm³/mol. The van der Waals surface area contributed by atoms with E-state index in [0.717, 1.165) is 11.1 Å². The molecule has 0 N–H and O–H groups in total. The number of aryl methyl sites for hydroxylation is 1. The number of alkyl halides is 1. The van der Waals surface area contributed by atoms with Gasteiger partial charge in [0.05, 0.1) is 11.6 Å². The molecular formula is C16H13ClFN3. The van der Waals surface area contributed by atoms with Crippen LogP contribution in [0, 0.1) is 12.7 Å². The van der Waals surface area contributed by atoms with Crippen LogP contribution in [-0.4, -0.2) is 14.8 Å². The Morgan fingerprint density at radius 1 is 1.05 bits per heavy atom. The third-order valence-electron chi connectivity index (χ3n) is 3.25. The second kappa shape index (κ2) is 5.66. The van der Waals surface area contributed by atoms with Crippen LogP contribution in [0.4, 0.5) is 4.39 Å². The quantitative estimate of drug-likeness (QED) is 0.681. The highest BCUT2D eigenvalue weighted by Gasteiger charge is 2.17. The summed E-state index contributed by atoms with van der Waals surface area (Å²) >= 11 is 5.91. The Hall–Kier alpha value is -2.20. The molecule has 3 rings (SSSR count). The summed E-state index contributed by atoms with van der Waals surface area (Å²) in [5.41, 5.74) is 2.41. The van der Waals surface area contributed by atoms with Crippen molar-refractivity contribution in [1.82, 2.24) is 14.8 Å². The van der Waals surface area contributed by atoms with Gasteiger partial charge in [0.15, 0.2) is 11.6 Å². The van der Waals surface area contributed by atoms with Gasteiger partial charge in [-0.25, -0.2) is 4.39 Å². The predicted octanol–water partition coefficient (Wildman–Crippen LogP) is 4.12. The van der Waals surface area contributed by atoms with Gasteiger partial charge in [0.2, 0.25) is 0 Å². The topological polar surface area (TPSA) is 30.7 Å². The second-order valence-electron chi connectivity index (χ2n) is 4.73. The summed E-state index contributed by atoms with van der Waals surface area (Å²) in [6.45, 7) is 2.01. The lowest BCUT2D eigenvalue weighted by molar-refractivity contribution is 0.616. The average molecular weight is 302 g/mol. The van der Waals surface area contributed by atoms with Crippen molar-refractivity contribution in [2.45, 2.75) is 12.8 Å². The highest BCUT2D eigenvalue weighted by molar-refractivity contribution is 6.16. The van der Waals surface area contributed by atoms with Gasteiger partial charge in [0.1, 0.15) is 5.82 Å². The van der Waals surface area contributed by atoms with Crippen LogP contribution >= 0.6 is 11.6 Å². The lowest BCUT2D eigenvalue weighted by atomic mass is 10.1. The Morgan fingerprint density at radius 3 is 2.43 bits per heavy atom. The monoisotopic (exact) mass is 301 g/mol. The molecule has 0 aliphatic heterocycles. The Morgan fingerprint density at radius 2 is 1.76 bits per heavy atom. The maximum Gasteiger partial charge on any atom is 0.168 e. The normalized spacial score (nSPS) is 10.8. The lowest BCUT2D eigenvalue weighted by Gasteiger charge is -2.10. The zero-order valence-electron chi connectivity index (χ0n) is 11.4. The third-order valence-corrected chi connectivity index (χ3v) is 3.49. The van der Waals surface area contributed by atoms with E-state index in [9.17, 15) is 4.39 Å². The fraction of sp³-hybridized carbons (Fsp3) is 0.125. The van der Waals surface area contributed by atoms with E-state index in [2.05, 4.69) is 10.2 Å². The molecule has 0 saturated heterocycles. The first kappa shape index (κ1) is 13.8. The van der Waals surface area contributed by atoms with E-state index < -0.39 is 0 Å². The van der Waals surface area contributed by atoms with E-state index >= 15 is 0 Å². The average Bonchev–Trinajstić information content (AvgIpc) is 2.92. The number of aromatic nitrogens is 3. The maximum absolute atomic E-state index is 14.1. The van der Waals surface area contributed by atoms with Gasteiger partial charge in [-0.05, 0) is 19.1 Å². The highest BCUT2D eigenvalue weighted by atomic mass is 35.5. The standard InChI is InChI=1S/C16H13ClFN3/c1-11-6-8-12(9-7-11)16-20-19-15(10-17)21(16)14-5-3-2-4-13(14)18/h2-9H,10H2,1H3. The molecule has 1 heterocycles. The van der Waals surface area contributed by atoms with E-state index in [4.69, 9.17) is 11.6 Å². The van der Waals surface area contributed by atoms with Crippen molar-refractivity contribution in [3.8, 4) is 17.1 Å². The smallest absolute Gasteiger partial charge is 0.168 e. The Labute approximate surface area is 127 Å². The summed E-state index contributed by atoms with van der Waals surface area (Å²) in [5.74, 6) is 0.915. The van der Waals surface area contributed by atoms with Gasteiger partial charge < -0.3 is 0 Å². The summed E-state index contributed by atoms with van der Waals surface area (Å²) < 4.78 is 15.8. The van der Waals surface area contributed by atoms with E-state index in [1.165, 1.54) is 6.07 Å². The van der Waals surface area contributed by atoms with Gasteiger partial charge >= 0.3 is 0 Å².